The number of quaternary nitrogens is 1. The van der Waals surface area contributed by atoms with E-state index in [9.17, 15) is 4.79 Å². The Morgan fingerprint density at radius 2 is 2.24 bits per heavy atom. The lowest BCUT2D eigenvalue weighted by molar-refractivity contribution is -0.893. The molecule has 1 unspecified atom stereocenters. The lowest BCUT2D eigenvalue weighted by Crippen LogP contribution is -2.66. The molecule has 5 heteroatoms. The van der Waals surface area contributed by atoms with Crippen LogP contribution >= 0.6 is 11.8 Å². The van der Waals surface area contributed by atoms with Gasteiger partial charge in [-0.3, -0.25) is 4.79 Å². The van der Waals surface area contributed by atoms with Crippen LogP contribution in [0.5, 0.6) is 0 Å². The summed E-state index contributed by atoms with van der Waals surface area (Å²) >= 11 is 1.82. The number of nitrogens with two attached hydrogens (primary N) is 1. The van der Waals surface area contributed by atoms with Gasteiger partial charge in [0.15, 0.2) is 0 Å². The molecule has 3 rings (SSSR count). The zero-order valence-corrected chi connectivity index (χ0v) is 11.1. The molecule has 0 aromatic rings. The number of likely N-dealkylation sites (N-methyl/N-ethyl adjacent to an activating group) is 1. The van der Waals surface area contributed by atoms with Gasteiger partial charge in [-0.15, -0.1) is 11.8 Å². The highest BCUT2D eigenvalue weighted by atomic mass is 32.2. The summed E-state index contributed by atoms with van der Waals surface area (Å²) in [5, 5.41) is 0.204. The molecule has 0 aliphatic carbocycles. The van der Waals surface area contributed by atoms with Gasteiger partial charge in [0, 0.05) is 30.4 Å². The molecule has 3 aliphatic heterocycles. The number of nitrogens with zero attached hydrogens (tertiary/aromatic N) is 2. The zero-order chi connectivity index (χ0) is 12.0. The lowest BCUT2D eigenvalue weighted by Gasteiger charge is -2.46. The summed E-state index contributed by atoms with van der Waals surface area (Å²) in [6, 6.07) is -0.269. The van der Waals surface area contributed by atoms with Crippen LogP contribution in [-0.4, -0.2) is 59.1 Å². The zero-order valence-electron chi connectivity index (χ0n) is 10.3. The van der Waals surface area contributed by atoms with E-state index in [0.717, 1.165) is 16.8 Å². The van der Waals surface area contributed by atoms with Gasteiger partial charge < -0.3 is 15.1 Å². The number of carbonyl (C=O) groups excluding carboxylic acids is 1. The average Bonchev–Trinajstić information content (AvgIpc) is 2.74. The van der Waals surface area contributed by atoms with E-state index in [-0.39, 0.29) is 17.3 Å². The highest BCUT2D eigenvalue weighted by molar-refractivity contribution is 8.00. The maximum Gasteiger partial charge on any atom is 0.247 e. The number of rotatable bonds is 2. The van der Waals surface area contributed by atoms with Gasteiger partial charge in [-0.05, 0) is 0 Å². The second kappa shape index (κ2) is 4.00. The second-order valence-electron chi connectivity index (χ2n) is 5.69. The molecule has 0 bridgehead atoms. The number of carbonyl (C=O) groups is 1. The minimum atomic E-state index is -0.269. The first-order valence-corrected chi connectivity index (χ1v) is 7.36. The van der Waals surface area contributed by atoms with E-state index in [1.165, 1.54) is 31.5 Å². The van der Waals surface area contributed by atoms with Crippen molar-refractivity contribution in [2.45, 2.75) is 24.3 Å². The first-order chi connectivity index (χ1) is 8.09. The molecule has 2 atom stereocenters. The van der Waals surface area contributed by atoms with E-state index in [4.69, 9.17) is 5.73 Å². The van der Waals surface area contributed by atoms with Crippen LogP contribution in [0.4, 0.5) is 0 Å². The Hall–Kier alpha value is -0.520. The van der Waals surface area contributed by atoms with Crippen LogP contribution in [0.1, 0.15) is 12.8 Å². The molecular weight excluding hydrogens is 234 g/mol. The van der Waals surface area contributed by atoms with Gasteiger partial charge in [-0.2, -0.15) is 0 Å². The van der Waals surface area contributed by atoms with E-state index in [1.807, 2.05) is 16.7 Å². The first kappa shape index (κ1) is 11.6. The van der Waals surface area contributed by atoms with Crippen LogP contribution in [0.2, 0.25) is 0 Å². The minimum Gasteiger partial charge on any atom is -0.322 e. The average molecular weight is 254 g/mol. The molecule has 2 saturated heterocycles. The molecule has 0 saturated carbocycles. The maximum absolute atomic E-state index is 11.6. The normalized spacial score (nSPS) is 35.3. The fourth-order valence-electron chi connectivity index (χ4n) is 3.09. The smallest absolute Gasteiger partial charge is 0.247 e. The van der Waals surface area contributed by atoms with Crippen LogP contribution in [0.25, 0.3) is 0 Å². The van der Waals surface area contributed by atoms with E-state index in [0.29, 0.717) is 0 Å². The third-order valence-electron chi connectivity index (χ3n) is 4.11. The summed E-state index contributed by atoms with van der Waals surface area (Å²) in [5.74, 6) is 1.12. The van der Waals surface area contributed by atoms with Gasteiger partial charge in [0.25, 0.3) is 0 Å². The predicted octanol–water partition coefficient (Wildman–Crippen LogP) is 0.353. The monoisotopic (exact) mass is 254 g/mol. The Balaban J connectivity index is 1.69. The molecular formula is C12H20N3OS+. The van der Waals surface area contributed by atoms with Crippen molar-refractivity contribution in [3.05, 3.63) is 11.8 Å². The summed E-state index contributed by atoms with van der Waals surface area (Å²) in [6.45, 7) is 3.65. The highest BCUT2D eigenvalue weighted by Crippen LogP contribution is 2.35. The third kappa shape index (κ3) is 1.90. The van der Waals surface area contributed by atoms with E-state index in [2.05, 4.69) is 13.2 Å². The summed E-state index contributed by atoms with van der Waals surface area (Å²) < 4.78 is 1.14. The van der Waals surface area contributed by atoms with Crippen molar-refractivity contribution >= 4 is 17.7 Å². The number of likely N-dealkylation sites (tertiary alicyclic amines) is 1. The second-order valence-corrected chi connectivity index (χ2v) is 6.80. The summed E-state index contributed by atoms with van der Waals surface area (Å²) in [4.78, 5) is 13.4. The van der Waals surface area contributed by atoms with Crippen LogP contribution < -0.4 is 5.73 Å². The Bertz CT molecular complexity index is 376. The van der Waals surface area contributed by atoms with Gasteiger partial charge in [-0.1, -0.05) is 0 Å². The molecule has 0 spiro atoms. The Labute approximate surface area is 106 Å². The predicted molar refractivity (Wildman–Crippen MR) is 69.2 cm³/mol. The Kier molecular flexibility index (Phi) is 2.72. The molecule has 2 fully saturated rings. The standard InChI is InChI=1S/C12H20N3OS/c1-15(4-2-3-5-15)7-9-6-14-11(16)10(13)12(14)17-8-9/h6,10,12H,2-5,7-8,13H2,1H3/q+1/t10?,12-/m1/s1. The van der Waals surface area contributed by atoms with Gasteiger partial charge in [0.05, 0.1) is 20.1 Å². The SMILES string of the molecule is C[N+]1(CC2=CN3C(=O)C(N)[C@H]3SC2)CCCC1. The summed E-state index contributed by atoms with van der Waals surface area (Å²) in [6.07, 6.45) is 4.74. The van der Waals surface area contributed by atoms with Crippen LogP contribution in [0.3, 0.4) is 0 Å². The lowest BCUT2D eigenvalue weighted by atomic mass is 10.1. The molecule has 0 radical (unpaired) electrons. The molecule has 0 aromatic carbocycles. The van der Waals surface area contributed by atoms with Crippen molar-refractivity contribution < 1.29 is 9.28 Å². The van der Waals surface area contributed by atoms with Gasteiger partial charge >= 0.3 is 0 Å². The Morgan fingerprint density at radius 1 is 1.53 bits per heavy atom. The molecule has 2 N–H and O–H groups in total. The van der Waals surface area contributed by atoms with Crippen molar-refractivity contribution in [2.24, 2.45) is 5.73 Å². The van der Waals surface area contributed by atoms with E-state index in [1.54, 1.807) is 0 Å². The molecule has 17 heavy (non-hydrogen) atoms. The number of β-lactam (4-membered cyclic amide) rings is 1. The summed E-state index contributed by atoms with van der Waals surface area (Å²) in [5.41, 5.74) is 7.17. The molecule has 1 amide bonds. The van der Waals surface area contributed by atoms with Crippen molar-refractivity contribution in [1.29, 1.82) is 0 Å². The van der Waals surface area contributed by atoms with Gasteiger partial charge in [0.1, 0.15) is 18.0 Å². The van der Waals surface area contributed by atoms with Crippen molar-refractivity contribution in [3.63, 3.8) is 0 Å². The largest absolute Gasteiger partial charge is 0.322 e. The van der Waals surface area contributed by atoms with E-state index >= 15 is 0 Å². The van der Waals surface area contributed by atoms with Gasteiger partial charge in [0.2, 0.25) is 5.91 Å². The third-order valence-corrected chi connectivity index (χ3v) is 5.51. The number of thioether (sulfide) groups is 1. The summed E-state index contributed by atoms with van der Waals surface area (Å²) in [7, 11) is 2.33. The van der Waals surface area contributed by atoms with Gasteiger partial charge in [-0.25, -0.2) is 0 Å². The number of fused-ring (bicyclic) bond motifs is 1. The van der Waals surface area contributed by atoms with E-state index < -0.39 is 0 Å². The maximum atomic E-state index is 11.6. The molecule has 4 nitrogen and oxygen atoms in total. The highest BCUT2D eigenvalue weighted by Gasteiger charge is 2.46. The first-order valence-electron chi connectivity index (χ1n) is 6.32. The molecule has 3 aliphatic rings. The quantitative estimate of drug-likeness (QED) is 0.571. The number of hydrogen-bond acceptors (Lipinski definition) is 3. The topological polar surface area (TPSA) is 46.3 Å². The van der Waals surface area contributed by atoms with Crippen molar-refractivity contribution in [1.82, 2.24) is 4.90 Å². The fraction of sp³-hybridized carbons (Fsp3) is 0.750. The van der Waals surface area contributed by atoms with Crippen LogP contribution in [-0.2, 0) is 4.79 Å². The number of amides is 1. The van der Waals surface area contributed by atoms with Crippen molar-refractivity contribution in [2.75, 3.05) is 32.4 Å². The number of hydrogen-bond donors (Lipinski definition) is 1. The molecule has 3 heterocycles. The van der Waals surface area contributed by atoms with Crippen LogP contribution in [0, 0.1) is 0 Å². The fourth-order valence-corrected chi connectivity index (χ4v) is 4.29. The van der Waals surface area contributed by atoms with Crippen LogP contribution in [0.15, 0.2) is 11.8 Å². The molecule has 94 valence electrons. The minimum absolute atomic E-state index is 0.0868. The Morgan fingerprint density at radius 3 is 2.94 bits per heavy atom. The van der Waals surface area contributed by atoms with Crippen molar-refractivity contribution in [3.8, 4) is 0 Å². The molecule has 0 aromatic heterocycles.